The minimum atomic E-state index is -0.649. The Morgan fingerprint density at radius 1 is 1.20 bits per heavy atom. The van der Waals surface area contributed by atoms with Gasteiger partial charge < -0.3 is 19.9 Å². The van der Waals surface area contributed by atoms with Gasteiger partial charge in [0.15, 0.2) is 0 Å². The molecule has 0 aliphatic carbocycles. The predicted molar refractivity (Wildman–Crippen MR) is 91.3 cm³/mol. The van der Waals surface area contributed by atoms with Gasteiger partial charge in [0.2, 0.25) is 5.82 Å². The number of H-pyrrole nitrogens is 2. The maximum absolute atomic E-state index is 12.4. The number of hydrogen-bond donors (Lipinski definition) is 3. The SMILES string of the molecule is COc1ccccc1NC(=O)N1CCN(c2n[nH]c(=O)[nH]c2=O)CC1. The maximum Gasteiger partial charge on any atom is 0.342 e. The van der Waals surface area contributed by atoms with Gasteiger partial charge in [-0.3, -0.25) is 9.78 Å². The summed E-state index contributed by atoms with van der Waals surface area (Å²) in [5.74, 6) is 0.725. The minimum Gasteiger partial charge on any atom is -0.495 e. The number of methoxy groups -OCH3 is 1. The van der Waals surface area contributed by atoms with Crippen LogP contribution in [0.3, 0.4) is 0 Å². The smallest absolute Gasteiger partial charge is 0.342 e. The summed E-state index contributed by atoms with van der Waals surface area (Å²) >= 11 is 0. The lowest BCUT2D eigenvalue weighted by molar-refractivity contribution is 0.208. The number of rotatable bonds is 3. The molecule has 2 amide bonds. The molecule has 25 heavy (non-hydrogen) atoms. The summed E-state index contributed by atoms with van der Waals surface area (Å²) in [6.07, 6.45) is 0. The summed E-state index contributed by atoms with van der Waals surface area (Å²) in [6, 6.07) is 6.91. The van der Waals surface area contributed by atoms with E-state index in [4.69, 9.17) is 4.74 Å². The van der Waals surface area contributed by atoms with E-state index in [1.165, 1.54) is 0 Å². The number of nitrogens with one attached hydrogen (secondary N) is 3. The minimum absolute atomic E-state index is 0.143. The van der Waals surface area contributed by atoms with E-state index >= 15 is 0 Å². The fourth-order valence-corrected chi connectivity index (χ4v) is 2.62. The van der Waals surface area contributed by atoms with Gasteiger partial charge in [-0.15, -0.1) is 5.10 Å². The topological polar surface area (TPSA) is 123 Å². The number of piperazine rings is 1. The van der Waals surface area contributed by atoms with Gasteiger partial charge in [0.25, 0.3) is 5.56 Å². The van der Waals surface area contributed by atoms with Crippen molar-refractivity contribution in [1.29, 1.82) is 0 Å². The molecular weight excluding hydrogens is 328 g/mol. The highest BCUT2D eigenvalue weighted by Gasteiger charge is 2.24. The number of aromatic amines is 2. The fraction of sp³-hybridized carbons (Fsp3) is 0.333. The van der Waals surface area contributed by atoms with E-state index in [-0.39, 0.29) is 11.8 Å². The molecule has 0 unspecified atom stereocenters. The third kappa shape index (κ3) is 3.62. The van der Waals surface area contributed by atoms with Crippen molar-refractivity contribution in [2.24, 2.45) is 0 Å². The molecule has 132 valence electrons. The number of amides is 2. The highest BCUT2D eigenvalue weighted by atomic mass is 16.5. The van der Waals surface area contributed by atoms with Crippen molar-refractivity contribution in [3.05, 3.63) is 45.1 Å². The number of urea groups is 1. The quantitative estimate of drug-likeness (QED) is 0.708. The molecule has 2 heterocycles. The predicted octanol–water partition coefficient (Wildman–Crippen LogP) is -0.179. The molecule has 0 atom stereocenters. The Balaban J connectivity index is 1.63. The van der Waals surface area contributed by atoms with Crippen molar-refractivity contribution in [3.8, 4) is 5.75 Å². The number of anilines is 2. The average Bonchev–Trinajstić information content (AvgIpc) is 2.62. The first kappa shape index (κ1) is 16.6. The third-order valence-corrected chi connectivity index (χ3v) is 3.91. The van der Waals surface area contributed by atoms with E-state index in [1.807, 2.05) is 12.1 Å². The van der Waals surface area contributed by atoms with E-state index in [1.54, 1.807) is 29.0 Å². The highest BCUT2D eigenvalue weighted by Crippen LogP contribution is 2.23. The number of benzene rings is 1. The van der Waals surface area contributed by atoms with Gasteiger partial charge in [-0.2, -0.15) is 0 Å². The van der Waals surface area contributed by atoms with E-state index in [0.717, 1.165) is 0 Å². The van der Waals surface area contributed by atoms with Crippen LogP contribution in [-0.2, 0) is 0 Å². The van der Waals surface area contributed by atoms with Crippen LogP contribution >= 0.6 is 0 Å². The molecule has 0 spiro atoms. The summed E-state index contributed by atoms with van der Waals surface area (Å²) < 4.78 is 5.21. The van der Waals surface area contributed by atoms with Crippen LogP contribution in [0.4, 0.5) is 16.3 Å². The molecule has 1 fully saturated rings. The average molecular weight is 346 g/mol. The van der Waals surface area contributed by atoms with Crippen molar-refractivity contribution in [2.45, 2.75) is 0 Å². The second-order valence-corrected chi connectivity index (χ2v) is 5.43. The van der Waals surface area contributed by atoms with Crippen LogP contribution in [-0.4, -0.2) is 59.4 Å². The lowest BCUT2D eigenvalue weighted by Gasteiger charge is -2.34. The summed E-state index contributed by atoms with van der Waals surface area (Å²) in [5, 5.41) is 8.80. The number of carbonyl (C=O) groups excluding carboxylic acids is 1. The first-order valence-electron chi connectivity index (χ1n) is 7.71. The fourth-order valence-electron chi connectivity index (χ4n) is 2.62. The summed E-state index contributed by atoms with van der Waals surface area (Å²) in [4.78, 5) is 40.7. The molecule has 1 saturated heterocycles. The van der Waals surface area contributed by atoms with E-state index < -0.39 is 11.2 Å². The molecule has 1 aliphatic heterocycles. The van der Waals surface area contributed by atoms with Crippen LogP contribution in [0.2, 0.25) is 0 Å². The zero-order valence-corrected chi connectivity index (χ0v) is 13.6. The van der Waals surface area contributed by atoms with Crippen molar-refractivity contribution in [3.63, 3.8) is 0 Å². The van der Waals surface area contributed by atoms with E-state index in [9.17, 15) is 14.4 Å². The van der Waals surface area contributed by atoms with Crippen LogP contribution in [0.5, 0.6) is 5.75 Å². The van der Waals surface area contributed by atoms with Gasteiger partial charge in [0, 0.05) is 26.2 Å². The second-order valence-electron chi connectivity index (χ2n) is 5.43. The highest BCUT2D eigenvalue weighted by molar-refractivity contribution is 5.91. The van der Waals surface area contributed by atoms with E-state index in [2.05, 4.69) is 20.5 Å². The summed E-state index contributed by atoms with van der Waals surface area (Å²) in [7, 11) is 1.54. The zero-order chi connectivity index (χ0) is 17.8. The summed E-state index contributed by atoms with van der Waals surface area (Å²) in [6.45, 7) is 1.70. The Morgan fingerprint density at radius 3 is 2.60 bits per heavy atom. The van der Waals surface area contributed by atoms with Gasteiger partial charge in [-0.05, 0) is 12.1 Å². The Labute approximate surface area is 142 Å². The van der Waals surface area contributed by atoms with Gasteiger partial charge in [-0.1, -0.05) is 12.1 Å². The Hall–Kier alpha value is -3.30. The number of hydrogen-bond acceptors (Lipinski definition) is 6. The number of nitrogens with zero attached hydrogens (tertiary/aromatic N) is 3. The Morgan fingerprint density at radius 2 is 1.92 bits per heavy atom. The lowest BCUT2D eigenvalue weighted by Crippen LogP contribution is -2.51. The van der Waals surface area contributed by atoms with Gasteiger partial charge in [-0.25, -0.2) is 14.7 Å². The molecule has 0 saturated carbocycles. The molecular formula is C15H18N6O4. The molecule has 1 aromatic heterocycles. The van der Waals surface area contributed by atoms with Crippen LogP contribution < -0.4 is 26.2 Å². The second kappa shape index (κ2) is 7.07. The van der Waals surface area contributed by atoms with Gasteiger partial charge in [0.05, 0.1) is 12.8 Å². The molecule has 10 nitrogen and oxygen atoms in total. The Bertz CT molecular complexity index is 869. The lowest BCUT2D eigenvalue weighted by atomic mass is 10.3. The molecule has 3 N–H and O–H groups in total. The molecule has 3 rings (SSSR count). The number of ether oxygens (including phenoxy) is 1. The molecule has 0 bridgehead atoms. The standard InChI is InChI=1S/C15H18N6O4/c1-25-11-5-3-2-4-10(11)16-15(24)21-8-6-20(7-9-21)12-13(22)17-14(23)19-18-12/h2-5H,6-9H2,1H3,(H,16,24)(H2,17,19,22,23). The monoisotopic (exact) mass is 346 g/mol. The molecule has 1 aromatic carbocycles. The molecule has 2 aromatic rings. The van der Waals surface area contributed by atoms with Gasteiger partial charge in [0.1, 0.15) is 5.75 Å². The first-order valence-corrected chi connectivity index (χ1v) is 7.71. The number of aromatic nitrogens is 3. The van der Waals surface area contributed by atoms with E-state index in [0.29, 0.717) is 37.6 Å². The van der Waals surface area contributed by atoms with Crippen molar-refractivity contribution in [2.75, 3.05) is 43.5 Å². The van der Waals surface area contributed by atoms with Crippen LogP contribution in [0.1, 0.15) is 0 Å². The van der Waals surface area contributed by atoms with Crippen LogP contribution in [0, 0.1) is 0 Å². The maximum atomic E-state index is 12.4. The normalized spacial score (nSPS) is 14.3. The first-order chi connectivity index (χ1) is 12.1. The summed E-state index contributed by atoms with van der Waals surface area (Å²) in [5.41, 5.74) is -0.601. The third-order valence-electron chi connectivity index (χ3n) is 3.91. The van der Waals surface area contributed by atoms with Crippen molar-refractivity contribution < 1.29 is 9.53 Å². The molecule has 0 radical (unpaired) electrons. The molecule has 10 heteroatoms. The van der Waals surface area contributed by atoms with Crippen molar-refractivity contribution in [1.82, 2.24) is 20.1 Å². The van der Waals surface area contributed by atoms with Crippen LogP contribution in [0.25, 0.3) is 0 Å². The number of para-hydroxylation sites is 2. The Kier molecular flexibility index (Phi) is 4.68. The largest absolute Gasteiger partial charge is 0.495 e. The molecule has 1 aliphatic rings. The van der Waals surface area contributed by atoms with Crippen molar-refractivity contribution >= 4 is 17.5 Å². The zero-order valence-electron chi connectivity index (χ0n) is 13.6. The van der Waals surface area contributed by atoms with Crippen LogP contribution in [0.15, 0.2) is 33.9 Å². The number of carbonyl (C=O) groups is 1. The van der Waals surface area contributed by atoms with Gasteiger partial charge >= 0.3 is 11.7 Å².